The van der Waals surface area contributed by atoms with E-state index in [1.54, 1.807) is 6.07 Å². The van der Waals surface area contributed by atoms with Crippen LogP contribution in [0.3, 0.4) is 0 Å². The molecule has 0 radical (unpaired) electrons. The second-order valence-corrected chi connectivity index (χ2v) is 4.37. The zero-order chi connectivity index (χ0) is 10.1. The second-order valence-electron chi connectivity index (χ2n) is 2.77. The molecule has 0 saturated heterocycles. The number of pyridine rings is 1. The standard InChI is InChI=1S/C10H4ClIN2/c11-7-3-6-1-2-8(5-13)14-10(6)9(12)4-7/h1-4H. The number of fused-ring (bicyclic) bond motifs is 1. The van der Waals surface area contributed by atoms with Crippen molar-refractivity contribution in [2.75, 3.05) is 0 Å². The number of nitriles is 1. The van der Waals surface area contributed by atoms with Crippen molar-refractivity contribution in [2.45, 2.75) is 0 Å². The third kappa shape index (κ3) is 1.68. The van der Waals surface area contributed by atoms with Crippen LogP contribution in [0.5, 0.6) is 0 Å². The molecule has 0 atom stereocenters. The summed E-state index contributed by atoms with van der Waals surface area (Å²) in [6.45, 7) is 0. The molecule has 2 rings (SSSR count). The molecule has 4 heteroatoms. The largest absolute Gasteiger partial charge is 0.236 e. The van der Waals surface area contributed by atoms with Crippen molar-refractivity contribution in [1.82, 2.24) is 4.98 Å². The van der Waals surface area contributed by atoms with E-state index in [2.05, 4.69) is 27.6 Å². The predicted molar refractivity (Wildman–Crippen MR) is 64.2 cm³/mol. The van der Waals surface area contributed by atoms with Crippen LogP contribution in [0.25, 0.3) is 10.9 Å². The Kier molecular flexibility index (Phi) is 2.57. The van der Waals surface area contributed by atoms with Gasteiger partial charge in [-0.15, -0.1) is 0 Å². The van der Waals surface area contributed by atoms with Crippen LogP contribution < -0.4 is 0 Å². The van der Waals surface area contributed by atoms with Gasteiger partial charge in [-0.1, -0.05) is 11.6 Å². The van der Waals surface area contributed by atoms with Gasteiger partial charge in [-0.3, -0.25) is 0 Å². The number of rotatable bonds is 0. The minimum atomic E-state index is 0.428. The third-order valence-corrected chi connectivity index (χ3v) is 2.87. The van der Waals surface area contributed by atoms with E-state index in [0.29, 0.717) is 10.7 Å². The van der Waals surface area contributed by atoms with Crippen molar-refractivity contribution in [2.24, 2.45) is 0 Å². The van der Waals surface area contributed by atoms with Crippen LogP contribution in [0.15, 0.2) is 24.3 Å². The van der Waals surface area contributed by atoms with E-state index >= 15 is 0 Å². The lowest BCUT2D eigenvalue weighted by molar-refractivity contribution is 1.32. The zero-order valence-electron chi connectivity index (χ0n) is 6.96. The van der Waals surface area contributed by atoms with E-state index in [9.17, 15) is 0 Å². The molecule has 0 aliphatic rings. The minimum absolute atomic E-state index is 0.428. The van der Waals surface area contributed by atoms with Gasteiger partial charge in [0.05, 0.1) is 5.52 Å². The van der Waals surface area contributed by atoms with Gasteiger partial charge in [-0.05, 0) is 46.9 Å². The number of benzene rings is 1. The Morgan fingerprint density at radius 3 is 2.86 bits per heavy atom. The van der Waals surface area contributed by atoms with E-state index in [-0.39, 0.29) is 0 Å². The molecule has 68 valence electrons. The molecule has 1 aromatic carbocycles. The molecule has 0 amide bonds. The number of aromatic nitrogens is 1. The smallest absolute Gasteiger partial charge is 0.141 e. The Labute approximate surface area is 99.7 Å². The molecule has 2 nitrogen and oxygen atoms in total. The maximum atomic E-state index is 8.70. The third-order valence-electron chi connectivity index (χ3n) is 1.83. The van der Waals surface area contributed by atoms with Gasteiger partial charge in [0.15, 0.2) is 0 Å². The normalized spacial score (nSPS) is 10.1. The first-order valence-electron chi connectivity index (χ1n) is 3.86. The molecule has 1 heterocycles. The van der Waals surface area contributed by atoms with Crippen molar-refractivity contribution >= 4 is 45.1 Å². The molecule has 0 N–H and O–H groups in total. The highest BCUT2D eigenvalue weighted by Gasteiger charge is 2.03. The fourth-order valence-electron chi connectivity index (χ4n) is 1.22. The molecular formula is C10H4ClIN2. The fourth-order valence-corrected chi connectivity index (χ4v) is 2.40. The average molecular weight is 315 g/mol. The quantitative estimate of drug-likeness (QED) is 0.699. The first kappa shape index (κ1) is 9.69. The van der Waals surface area contributed by atoms with Crippen LogP contribution in [0.2, 0.25) is 5.02 Å². The Morgan fingerprint density at radius 2 is 2.14 bits per heavy atom. The fraction of sp³-hybridized carbons (Fsp3) is 0. The molecule has 14 heavy (non-hydrogen) atoms. The lowest BCUT2D eigenvalue weighted by Gasteiger charge is -2.00. The Bertz CT molecular complexity index is 546. The molecule has 0 bridgehead atoms. The highest BCUT2D eigenvalue weighted by atomic mass is 127. The van der Waals surface area contributed by atoms with Crippen LogP contribution in [0.4, 0.5) is 0 Å². The van der Waals surface area contributed by atoms with Gasteiger partial charge in [0.2, 0.25) is 0 Å². The number of hydrogen-bond acceptors (Lipinski definition) is 2. The van der Waals surface area contributed by atoms with E-state index in [1.165, 1.54) is 0 Å². The summed E-state index contributed by atoms with van der Waals surface area (Å²) >= 11 is 8.06. The van der Waals surface area contributed by atoms with E-state index in [4.69, 9.17) is 16.9 Å². The molecule has 0 spiro atoms. The SMILES string of the molecule is N#Cc1ccc2cc(Cl)cc(I)c2n1. The maximum Gasteiger partial charge on any atom is 0.141 e. The van der Waals surface area contributed by atoms with Crippen molar-refractivity contribution in [3.8, 4) is 6.07 Å². The Hall–Kier alpha value is -0.860. The van der Waals surface area contributed by atoms with Gasteiger partial charge < -0.3 is 0 Å². The zero-order valence-corrected chi connectivity index (χ0v) is 9.87. The molecule has 0 fully saturated rings. The monoisotopic (exact) mass is 314 g/mol. The Balaban J connectivity index is 2.84. The Morgan fingerprint density at radius 1 is 1.36 bits per heavy atom. The van der Waals surface area contributed by atoms with Gasteiger partial charge in [-0.25, -0.2) is 4.98 Å². The first-order valence-corrected chi connectivity index (χ1v) is 5.32. The van der Waals surface area contributed by atoms with Crippen molar-refractivity contribution in [3.63, 3.8) is 0 Å². The second kappa shape index (κ2) is 3.71. The topological polar surface area (TPSA) is 36.7 Å². The van der Waals surface area contributed by atoms with E-state index in [0.717, 1.165) is 14.5 Å². The van der Waals surface area contributed by atoms with Crippen molar-refractivity contribution < 1.29 is 0 Å². The van der Waals surface area contributed by atoms with Crippen LogP contribution in [0, 0.1) is 14.9 Å². The summed E-state index contributed by atoms with van der Waals surface area (Å²) in [6.07, 6.45) is 0. The average Bonchev–Trinajstić information content (AvgIpc) is 2.17. The van der Waals surface area contributed by atoms with Crippen LogP contribution >= 0.6 is 34.2 Å². The van der Waals surface area contributed by atoms with E-state index < -0.39 is 0 Å². The summed E-state index contributed by atoms with van der Waals surface area (Å²) < 4.78 is 0.960. The lowest BCUT2D eigenvalue weighted by Crippen LogP contribution is -1.87. The molecule has 0 aliphatic heterocycles. The molecule has 0 aliphatic carbocycles. The highest BCUT2D eigenvalue weighted by Crippen LogP contribution is 2.23. The molecular weight excluding hydrogens is 310 g/mol. The maximum absolute atomic E-state index is 8.70. The van der Waals surface area contributed by atoms with Gasteiger partial charge >= 0.3 is 0 Å². The van der Waals surface area contributed by atoms with Crippen molar-refractivity contribution in [1.29, 1.82) is 5.26 Å². The van der Waals surface area contributed by atoms with Gasteiger partial charge in [0, 0.05) is 14.0 Å². The number of hydrogen-bond donors (Lipinski definition) is 0. The van der Waals surface area contributed by atoms with Gasteiger partial charge in [0.1, 0.15) is 11.8 Å². The van der Waals surface area contributed by atoms with Gasteiger partial charge in [0.25, 0.3) is 0 Å². The molecule has 1 aromatic heterocycles. The summed E-state index contributed by atoms with van der Waals surface area (Å²) in [5.74, 6) is 0. The summed E-state index contributed by atoms with van der Waals surface area (Å²) in [5.41, 5.74) is 1.26. The molecule has 0 saturated carbocycles. The van der Waals surface area contributed by atoms with Crippen molar-refractivity contribution in [3.05, 3.63) is 38.6 Å². The summed E-state index contributed by atoms with van der Waals surface area (Å²) in [5, 5.41) is 10.3. The number of nitrogens with zero attached hydrogens (tertiary/aromatic N) is 2. The first-order chi connectivity index (χ1) is 6.70. The van der Waals surface area contributed by atoms with Gasteiger partial charge in [-0.2, -0.15) is 5.26 Å². The highest BCUT2D eigenvalue weighted by molar-refractivity contribution is 14.1. The number of halogens is 2. The molecule has 0 unspecified atom stereocenters. The summed E-state index contributed by atoms with van der Waals surface area (Å²) in [6, 6.07) is 9.23. The molecule has 2 aromatic rings. The minimum Gasteiger partial charge on any atom is -0.236 e. The summed E-state index contributed by atoms with van der Waals surface area (Å²) in [4.78, 5) is 4.21. The van der Waals surface area contributed by atoms with Crippen LogP contribution in [-0.2, 0) is 0 Å². The predicted octanol–water partition coefficient (Wildman–Crippen LogP) is 3.36. The van der Waals surface area contributed by atoms with E-state index in [1.807, 2.05) is 24.3 Å². The van der Waals surface area contributed by atoms with Crippen LogP contribution in [0.1, 0.15) is 5.69 Å². The van der Waals surface area contributed by atoms with Crippen LogP contribution in [-0.4, -0.2) is 4.98 Å². The summed E-state index contributed by atoms with van der Waals surface area (Å²) in [7, 11) is 0. The lowest BCUT2D eigenvalue weighted by atomic mass is 10.2.